The first kappa shape index (κ1) is 11.6. The first-order valence-electron chi connectivity index (χ1n) is 4.48. The van der Waals surface area contributed by atoms with Gasteiger partial charge in [0, 0.05) is 12.6 Å². The van der Waals surface area contributed by atoms with Gasteiger partial charge in [-0.1, -0.05) is 11.6 Å². The summed E-state index contributed by atoms with van der Waals surface area (Å²) >= 11 is 0. The molecule has 1 aromatic rings. The SMILES string of the molecule is CC(C)=CCn1cnc(C(F)F)cc1=O. The molecule has 0 fully saturated rings. The van der Waals surface area contributed by atoms with Crippen molar-refractivity contribution in [2.24, 2.45) is 0 Å². The minimum Gasteiger partial charge on any atom is -0.295 e. The fourth-order valence-electron chi connectivity index (χ4n) is 0.977. The van der Waals surface area contributed by atoms with Crippen molar-refractivity contribution in [3.63, 3.8) is 0 Å². The Labute approximate surface area is 86.1 Å². The van der Waals surface area contributed by atoms with Crippen LogP contribution in [0.25, 0.3) is 0 Å². The topological polar surface area (TPSA) is 34.9 Å². The zero-order valence-electron chi connectivity index (χ0n) is 8.58. The summed E-state index contributed by atoms with van der Waals surface area (Å²) in [4.78, 5) is 14.8. The molecule has 0 N–H and O–H groups in total. The predicted molar refractivity (Wildman–Crippen MR) is 52.9 cm³/mol. The number of rotatable bonds is 3. The Morgan fingerprint density at radius 1 is 1.60 bits per heavy atom. The molecule has 0 atom stereocenters. The third kappa shape index (κ3) is 3.27. The van der Waals surface area contributed by atoms with Gasteiger partial charge in [-0.15, -0.1) is 0 Å². The normalized spacial score (nSPS) is 10.5. The minimum atomic E-state index is -2.70. The molecule has 3 nitrogen and oxygen atoms in total. The van der Waals surface area contributed by atoms with Crippen molar-refractivity contribution in [2.45, 2.75) is 26.8 Å². The summed E-state index contributed by atoms with van der Waals surface area (Å²) in [5.74, 6) is 0. The second-order valence-corrected chi connectivity index (χ2v) is 3.39. The van der Waals surface area contributed by atoms with E-state index in [0.717, 1.165) is 18.0 Å². The van der Waals surface area contributed by atoms with E-state index < -0.39 is 17.7 Å². The van der Waals surface area contributed by atoms with Gasteiger partial charge in [0.15, 0.2) is 0 Å². The number of aromatic nitrogens is 2. The standard InChI is InChI=1S/C10H12F2N2O/c1-7(2)3-4-14-6-13-8(10(11)12)5-9(14)15/h3,5-6,10H,4H2,1-2H3. The van der Waals surface area contributed by atoms with Crippen LogP contribution in [-0.4, -0.2) is 9.55 Å². The van der Waals surface area contributed by atoms with E-state index in [-0.39, 0.29) is 0 Å². The fraction of sp³-hybridized carbons (Fsp3) is 0.400. The van der Waals surface area contributed by atoms with Crippen LogP contribution < -0.4 is 5.56 Å². The summed E-state index contributed by atoms with van der Waals surface area (Å²) in [7, 11) is 0. The van der Waals surface area contributed by atoms with Gasteiger partial charge >= 0.3 is 0 Å². The van der Waals surface area contributed by atoms with Crippen LogP contribution in [-0.2, 0) is 6.54 Å². The van der Waals surface area contributed by atoms with Gasteiger partial charge in [0.2, 0.25) is 0 Å². The van der Waals surface area contributed by atoms with Crippen molar-refractivity contribution in [1.82, 2.24) is 9.55 Å². The third-order valence-electron chi connectivity index (χ3n) is 1.82. The largest absolute Gasteiger partial charge is 0.295 e. The molecular formula is C10H12F2N2O. The van der Waals surface area contributed by atoms with Crippen molar-refractivity contribution in [3.8, 4) is 0 Å². The molecule has 0 radical (unpaired) electrons. The Hall–Kier alpha value is -1.52. The highest BCUT2D eigenvalue weighted by Crippen LogP contribution is 2.12. The molecule has 5 heteroatoms. The van der Waals surface area contributed by atoms with Crippen molar-refractivity contribution in [1.29, 1.82) is 0 Å². The average molecular weight is 214 g/mol. The maximum atomic E-state index is 12.2. The zero-order chi connectivity index (χ0) is 11.4. The average Bonchev–Trinajstić information content (AvgIpc) is 2.15. The summed E-state index contributed by atoms with van der Waals surface area (Å²) < 4.78 is 25.6. The van der Waals surface area contributed by atoms with Crippen molar-refractivity contribution in [3.05, 3.63) is 40.1 Å². The Morgan fingerprint density at radius 2 is 2.27 bits per heavy atom. The van der Waals surface area contributed by atoms with Crippen molar-refractivity contribution < 1.29 is 8.78 Å². The van der Waals surface area contributed by atoms with Crippen LogP contribution >= 0.6 is 0 Å². The second-order valence-electron chi connectivity index (χ2n) is 3.39. The van der Waals surface area contributed by atoms with Crippen LogP contribution in [0.1, 0.15) is 26.0 Å². The Balaban J connectivity index is 2.94. The summed E-state index contributed by atoms with van der Waals surface area (Å²) in [6.45, 7) is 4.15. The molecule has 0 aromatic carbocycles. The van der Waals surface area contributed by atoms with Crippen LogP contribution in [0, 0.1) is 0 Å². The quantitative estimate of drug-likeness (QED) is 0.722. The van der Waals surface area contributed by atoms with E-state index in [1.54, 1.807) is 0 Å². The highest BCUT2D eigenvalue weighted by atomic mass is 19.3. The molecule has 0 saturated carbocycles. The maximum absolute atomic E-state index is 12.2. The molecule has 0 bridgehead atoms. The van der Waals surface area contributed by atoms with E-state index in [1.807, 2.05) is 19.9 Å². The molecule has 1 rings (SSSR count). The molecule has 15 heavy (non-hydrogen) atoms. The second kappa shape index (κ2) is 4.82. The molecule has 0 unspecified atom stereocenters. The summed E-state index contributed by atoms with van der Waals surface area (Å²) in [5, 5.41) is 0. The van der Waals surface area contributed by atoms with E-state index in [0.29, 0.717) is 6.54 Å². The molecule has 0 saturated heterocycles. The van der Waals surface area contributed by atoms with Crippen LogP contribution in [0.3, 0.4) is 0 Å². The van der Waals surface area contributed by atoms with Gasteiger partial charge < -0.3 is 0 Å². The summed E-state index contributed by atoms with van der Waals surface area (Å²) in [6.07, 6.45) is 0.268. The molecule has 0 aliphatic carbocycles. The van der Waals surface area contributed by atoms with Gasteiger partial charge in [-0.2, -0.15) is 0 Å². The number of alkyl halides is 2. The predicted octanol–water partition coefficient (Wildman–Crippen LogP) is 2.15. The Bertz CT molecular complexity index is 420. The van der Waals surface area contributed by atoms with Gasteiger partial charge in [-0.25, -0.2) is 13.8 Å². The molecule has 0 spiro atoms. The first-order chi connectivity index (χ1) is 7.00. The molecule has 82 valence electrons. The smallest absolute Gasteiger partial charge is 0.280 e. The number of halogens is 2. The monoisotopic (exact) mass is 214 g/mol. The lowest BCUT2D eigenvalue weighted by Gasteiger charge is -2.03. The minimum absolute atomic E-state index is 0.359. The first-order valence-corrected chi connectivity index (χ1v) is 4.48. The lowest BCUT2D eigenvalue weighted by molar-refractivity contribution is 0.145. The summed E-state index contributed by atoms with van der Waals surface area (Å²) in [5.41, 5.74) is 0.117. The van der Waals surface area contributed by atoms with Crippen LogP contribution in [0.2, 0.25) is 0 Å². The zero-order valence-corrected chi connectivity index (χ0v) is 8.58. The molecule has 1 heterocycles. The van der Waals surface area contributed by atoms with Crippen molar-refractivity contribution >= 4 is 0 Å². The molecule has 0 aliphatic rings. The lowest BCUT2D eigenvalue weighted by atomic mass is 10.3. The number of hydrogen-bond donors (Lipinski definition) is 0. The highest BCUT2D eigenvalue weighted by molar-refractivity contribution is 5.02. The summed E-state index contributed by atoms with van der Waals surface area (Å²) in [6, 6.07) is 0.865. The van der Waals surface area contributed by atoms with Gasteiger partial charge in [0.1, 0.15) is 5.69 Å². The van der Waals surface area contributed by atoms with Crippen LogP contribution in [0.4, 0.5) is 8.78 Å². The van der Waals surface area contributed by atoms with Gasteiger partial charge in [-0.3, -0.25) is 9.36 Å². The molecular weight excluding hydrogens is 202 g/mol. The van der Waals surface area contributed by atoms with Gasteiger partial charge in [-0.05, 0) is 13.8 Å². The van der Waals surface area contributed by atoms with E-state index in [9.17, 15) is 13.6 Å². The lowest BCUT2D eigenvalue weighted by Crippen LogP contribution is -2.20. The van der Waals surface area contributed by atoms with E-state index >= 15 is 0 Å². The van der Waals surface area contributed by atoms with E-state index in [2.05, 4.69) is 4.98 Å². The van der Waals surface area contributed by atoms with Crippen molar-refractivity contribution in [2.75, 3.05) is 0 Å². The molecule has 1 aromatic heterocycles. The highest BCUT2D eigenvalue weighted by Gasteiger charge is 2.09. The number of nitrogens with zero attached hydrogens (tertiary/aromatic N) is 2. The van der Waals surface area contributed by atoms with Crippen LogP contribution in [0.15, 0.2) is 28.8 Å². The van der Waals surface area contributed by atoms with E-state index in [1.165, 1.54) is 4.57 Å². The Morgan fingerprint density at radius 3 is 2.73 bits per heavy atom. The fourth-order valence-corrected chi connectivity index (χ4v) is 0.977. The molecule has 0 aliphatic heterocycles. The van der Waals surface area contributed by atoms with Crippen LogP contribution in [0.5, 0.6) is 0 Å². The molecule has 0 amide bonds. The third-order valence-corrected chi connectivity index (χ3v) is 1.82. The number of allylic oxidation sites excluding steroid dienone is 2. The maximum Gasteiger partial charge on any atom is 0.280 e. The van der Waals surface area contributed by atoms with Gasteiger partial charge in [0.05, 0.1) is 6.33 Å². The van der Waals surface area contributed by atoms with Gasteiger partial charge in [0.25, 0.3) is 12.0 Å². The Kier molecular flexibility index (Phi) is 3.71. The van der Waals surface area contributed by atoms with E-state index in [4.69, 9.17) is 0 Å². The number of hydrogen-bond acceptors (Lipinski definition) is 2.